The Morgan fingerprint density at radius 1 is 1.27 bits per heavy atom. The summed E-state index contributed by atoms with van der Waals surface area (Å²) in [6.07, 6.45) is 4.07. The largest absolute Gasteiger partial charge is 0.497 e. The number of carbonyl (C=O) groups is 1. The fraction of sp³-hybridized carbons (Fsp3) is 0.588. The van der Waals surface area contributed by atoms with Gasteiger partial charge in [0.25, 0.3) is 0 Å². The zero-order valence-electron chi connectivity index (χ0n) is 13.5. The number of carbonyl (C=O) groups excluding carboxylic acids is 1. The fourth-order valence-corrected chi connectivity index (χ4v) is 3.16. The quantitative estimate of drug-likeness (QED) is 0.757. The summed E-state index contributed by atoms with van der Waals surface area (Å²) >= 11 is 0. The molecule has 0 heterocycles. The van der Waals surface area contributed by atoms with Crippen molar-refractivity contribution in [3.05, 3.63) is 29.8 Å². The Labute approximate surface area is 139 Å². The highest BCUT2D eigenvalue weighted by Gasteiger charge is 2.42. The SMILES string of the molecule is CCNCCNC(=O)C1(c2cccc(OC)c2)CCCC1.Cl. The second-order valence-electron chi connectivity index (χ2n) is 5.63. The minimum Gasteiger partial charge on any atom is -0.497 e. The molecular formula is C17H27ClN2O2. The molecule has 124 valence electrons. The molecule has 1 amide bonds. The van der Waals surface area contributed by atoms with Gasteiger partial charge < -0.3 is 15.4 Å². The second-order valence-corrected chi connectivity index (χ2v) is 5.63. The minimum absolute atomic E-state index is 0. The molecule has 0 spiro atoms. The summed E-state index contributed by atoms with van der Waals surface area (Å²) in [5, 5.41) is 6.32. The monoisotopic (exact) mass is 326 g/mol. The molecule has 5 heteroatoms. The molecule has 0 unspecified atom stereocenters. The molecule has 1 fully saturated rings. The van der Waals surface area contributed by atoms with Crippen molar-refractivity contribution in [1.82, 2.24) is 10.6 Å². The Morgan fingerprint density at radius 3 is 2.64 bits per heavy atom. The lowest BCUT2D eigenvalue weighted by Crippen LogP contribution is -2.44. The van der Waals surface area contributed by atoms with Crippen LogP contribution in [-0.2, 0) is 10.2 Å². The first kappa shape index (κ1) is 18.8. The number of rotatable bonds is 7. The summed E-state index contributed by atoms with van der Waals surface area (Å²) < 4.78 is 5.31. The van der Waals surface area contributed by atoms with Gasteiger partial charge in [-0.25, -0.2) is 0 Å². The molecule has 1 aromatic rings. The molecule has 0 saturated heterocycles. The third-order valence-corrected chi connectivity index (χ3v) is 4.35. The topological polar surface area (TPSA) is 50.4 Å². The normalized spacial score (nSPS) is 15.9. The molecule has 1 aliphatic rings. The van der Waals surface area contributed by atoms with Gasteiger partial charge in [0.05, 0.1) is 12.5 Å². The number of amides is 1. The lowest BCUT2D eigenvalue weighted by atomic mass is 9.78. The van der Waals surface area contributed by atoms with Crippen LogP contribution in [-0.4, -0.2) is 32.7 Å². The summed E-state index contributed by atoms with van der Waals surface area (Å²) in [4.78, 5) is 12.8. The Balaban J connectivity index is 0.00000242. The number of methoxy groups -OCH3 is 1. The maximum atomic E-state index is 12.8. The van der Waals surface area contributed by atoms with Gasteiger partial charge in [0, 0.05) is 13.1 Å². The molecule has 2 N–H and O–H groups in total. The van der Waals surface area contributed by atoms with Crippen LogP contribution in [0.3, 0.4) is 0 Å². The molecule has 22 heavy (non-hydrogen) atoms. The molecule has 2 rings (SSSR count). The number of nitrogens with one attached hydrogen (secondary N) is 2. The highest BCUT2D eigenvalue weighted by Crippen LogP contribution is 2.42. The van der Waals surface area contributed by atoms with Crippen molar-refractivity contribution < 1.29 is 9.53 Å². The molecule has 4 nitrogen and oxygen atoms in total. The van der Waals surface area contributed by atoms with E-state index in [1.807, 2.05) is 18.2 Å². The lowest BCUT2D eigenvalue weighted by Gasteiger charge is -2.28. The number of ether oxygens (including phenoxy) is 1. The Hall–Kier alpha value is -1.26. The standard InChI is InChI=1S/C17H26N2O2.ClH/c1-3-18-11-12-19-16(20)17(9-4-5-10-17)14-7-6-8-15(13-14)21-2;/h6-8,13,18H,3-5,9-12H2,1-2H3,(H,19,20);1H. The van der Waals surface area contributed by atoms with E-state index in [9.17, 15) is 4.79 Å². The fourth-order valence-electron chi connectivity index (χ4n) is 3.16. The van der Waals surface area contributed by atoms with Crippen molar-refractivity contribution in [2.45, 2.75) is 38.0 Å². The van der Waals surface area contributed by atoms with Crippen LogP contribution in [0.2, 0.25) is 0 Å². The van der Waals surface area contributed by atoms with Crippen molar-refractivity contribution in [3.8, 4) is 5.75 Å². The van der Waals surface area contributed by atoms with Crippen LogP contribution < -0.4 is 15.4 Å². The third kappa shape index (κ3) is 4.14. The van der Waals surface area contributed by atoms with Gasteiger partial charge in [0.2, 0.25) is 5.91 Å². The van der Waals surface area contributed by atoms with Gasteiger partial charge in [-0.3, -0.25) is 4.79 Å². The van der Waals surface area contributed by atoms with E-state index in [4.69, 9.17) is 4.74 Å². The van der Waals surface area contributed by atoms with Crippen molar-refractivity contribution in [3.63, 3.8) is 0 Å². The summed E-state index contributed by atoms with van der Waals surface area (Å²) in [7, 11) is 1.66. The van der Waals surface area contributed by atoms with Gasteiger partial charge in [-0.2, -0.15) is 0 Å². The van der Waals surface area contributed by atoms with E-state index < -0.39 is 0 Å². The summed E-state index contributed by atoms with van der Waals surface area (Å²) in [6, 6.07) is 7.96. The Bertz CT molecular complexity index is 473. The summed E-state index contributed by atoms with van der Waals surface area (Å²) in [6.45, 7) is 4.49. The summed E-state index contributed by atoms with van der Waals surface area (Å²) in [5.74, 6) is 0.977. The van der Waals surface area contributed by atoms with Crippen LogP contribution in [0.15, 0.2) is 24.3 Å². The maximum Gasteiger partial charge on any atom is 0.230 e. The predicted octanol–water partition coefficient (Wildman–Crippen LogP) is 2.65. The Kier molecular flexibility index (Phi) is 7.69. The van der Waals surface area contributed by atoms with E-state index in [1.54, 1.807) is 7.11 Å². The lowest BCUT2D eigenvalue weighted by molar-refractivity contribution is -0.126. The van der Waals surface area contributed by atoms with Crippen molar-refractivity contribution in [2.75, 3.05) is 26.7 Å². The van der Waals surface area contributed by atoms with E-state index >= 15 is 0 Å². The number of hydrogen-bond acceptors (Lipinski definition) is 3. The van der Waals surface area contributed by atoms with E-state index in [-0.39, 0.29) is 23.7 Å². The first-order chi connectivity index (χ1) is 10.2. The van der Waals surface area contributed by atoms with E-state index in [0.29, 0.717) is 6.54 Å². The smallest absolute Gasteiger partial charge is 0.230 e. The highest BCUT2D eigenvalue weighted by molar-refractivity contribution is 5.88. The maximum absolute atomic E-state index is 12.8. The van der Waals surface area contributed by atoms with Gasteiger partial charge in [0.1, 0.15) is 5.75 Å². The van der Waals surface area contributed by atoms with Gasteiger partial charge in [-0.15, -0.1) is 12.4 Å². The molecule has 0 atom stereocenters. The van der Waals surface area contributed by atoms with Crippen LogP contribution in [0.25, 0.3) is 0 Å². The van der Waals surface area contributed by atoms with E-state index in [1.165, 1.54) is 0 Å². The van der Waals surface area contributed by atoms with E-state index in [0.717, 1.165) is 50.1 Å². The zero-order chi connectivity index (χ0) is 15.1. The number of halogens is 1. The second kappa shape index (κ2) is 9.01. The van der Waals surface area contributed by atoms with E-state index in [2.05, 4.69) is 23.6 Å². The third-order valence-electron chi connectivity index (χ3n) is 4.35. The van der Waals surface area contributed by atoms with Crippen molar-refractivity contribution >= 4 is 18.3 Å². The molecule has 0 aliphatic heterocycles. The van der Waals surface area contributed by atoms with Crippen molar-refractivity contribution in [2.24, 2.45) is 0 Å². The molecule has 1 aliphatic carbocycles. The number of hydrogen-bond donors (Lipinski definition) is 2. The minimum atomic E-state index is -0.374. The van der Waals surface area contributed by atoms with Crippen LogP contribution in [0, 0.1) is 0 Å². The van der Waals surface area contributed by atoms with Gasteiger partial charge in [0.15, 0.2) is 0 Å². The van der Waals surface area contributed by atoms with Gasteiger partial charge in [-0.05, 0) is 37.1 Å². The average Bonchev–Trinajstić information content (AvgIpc) is 3.02. The predicted molar refractivity (Wildman–Crippen MR) is 91.9 cm³/mol. The van der Waals surface area contributed by atoms with Crippen molar-refractivity contribution in [1.29, 1.82) is 0 Å². The van der Waals surface area contributed by atoms with Crippen LogP contribution in [0.1, 0.15) is 38.2 Å². The van der Waals surface area contributed by atoms with Crippen LogP contribution >= 0.6 is 12.4 Å². The first-order valence-electron chi connectivity index (χ1n) is 7.86. The number of likely N-dealkylation sites (N-methyl/N-ethyl adjacent to an activating group) is 1. The molecule has 0 bridgehead atoms. The number of benzene rings is 1. The zero-order valence-corrected chi connectivity index (χ0v) is 14.3. The average molecular weight is 327 g/mol. The Morgan fingerprint density at radius 2 is 2.00 bits per heavy atom. The molecule has 0 aromatic heterocycles. The molecule has 1 saturated carbocycles. The first-order valence-corrected chi connectivity index (χ1v) is 7.86. The van der Waals surface area contributed by atoms with Gasteiger partial charge in [-0.1, -0.05) is 31.9 Å². The van der Waals surface area contributed by atoms with Crippen LogP contribution in [0.4, 0.5) is 0 Å². The molecular weight excluding hydrogens is 300 g/mol. The van der Waals surface area contributed by atoms with Crippen LogP contribution in [0.5, 0.6) is 5.75 Å². The molecule has 0 radical (unpaired) electrons. The highest BCUT2D eigenvalue weighted by atomic mass is 35.5. The summed E-state index contributed by atoms with van der Waals surface area (Å²) in [5.41, 5.74) is 0.709. The van der Waals surface area contributed by atoms with Gasteiger partial charge >= 0.3 is 0 Å². The molecule has 1 aromatic carbocycles.